The van der Waals surface area contributed by atoms with E-state index in [9.17, 15) is 9.59 Å². The number of fused-ring (bicyclic) bond motifs is 1. The van der Waals surface area contributed by atoms with Gasteiger partial charge >= 0.3 is 0 Å². The van der Waals surface area contributed by atoms with Crippen LogP contribution in [-0.2, 0) is 31.2 Å². The standard InChI is InChI=1S/C16H18N4O2/c1-20-15(21)9-12-8-11(5-6-14(12)19-20)16(22)18-10-13-4-2-3-7-17-13/h2-4,7,9,11H,5-6,8,10H2,1H3,(H,18,22). The van der Waals surface area contributed by atoms with Crippen LogP contribution in [0.4, 0.5) is 0 Å². The Kier molecular flexibility index (Phi) is 4.00. The summed E-state index contributed by atoms with van der Waals surface area (Å²) in [7, 11) is 1.65. The number of pyridine rings is 1. The zero-order valence-corrected chi connectivity index (χ0v) is 12.5. The molecule has 22 heavy (non-hydrogen) atoms. The molecular formula is C16H18N4O2. The Morgan fingerprint density at radius 3 is 3.09 bits per heavy atom. The fourth-order valence-electron chi connectivity index (χ4n) is 2.73. The maximum Gasteiger partial charge on any atom is 0.266 e. The Morgan fingerprint density at radius 2 is 2.32 bits per heavy atom. The van der Waals surface area contributed by atoms with E-state index in [1.165, 1.54) is 4.68 Å². The molecule has 0 fully saturated rings. The lowest BCUT2D eigenvalue weighted by Gasteiger charge is -2.23. The molecule has 114 valence electrons. The van der Waals surface area contributed by atoms with Gasteiger partial charge in [-0.25, -0.2) is 4.68 Å². The van der Waals surface area contributed by atoms with Gasteiger partial charge in [0.15, 0.2) is 0 Å². The van der Waals surface area contributed by atoms with Gasteiger partial charge in [0.1, 0.15) is 0 Å². The molecule has 1 aliphatic carbocycles. The number of carbonyl (C=O) groups excluding carboxylic acids is 1. The van der Waals surface area contributed by atoms with E-state index in [1.807, 2.05) is 18.2 Å². The third kappa shape index (κ3) is 3.05. The SMILES string of the molecule is Cn1nc2c(cc1=O)CC(C(=O)NCc1ccccn1)CC2. The van der Waals surface area contributed by atoms with E-state index in [4.69, 9.17) is 0 Å². The van der Waals surface area contributed by atoms with Crippen LogP contribution in [0, 0.1) is 5.92 Å². The van der Waals surface area contributed by atoms with Crippen LogP contribution in [0.15, 0.2) is 35.3 Å². The molecule has 0 radical (unpaired) electrons. The van der Waals surface area contributed by atoms with Gasteiger partial charge in [-0.2, -0.15) is 5.10 Å². The second-order valence-electron chi connectivity index (χ2n) is 5.56. The number of carbonyl (C=O) groups is 1. The summed E-state index contributed by atoms with van der Waals surface area (Å²) >= 11 is 0. The minimum absolute atomic E-state index is 0.0111. The smallest absolute Gasteiger partial charge is 0.266 e. The Labute approximate surface area is 128 Å². The maximum absolute atomic E-state index is 12.3. The van der Waals surface area contributed by atoms with Crippen LogP contribution in [-0.4, -0.2) is 20.7 Å². The summed E-state index contributed by atoms with van der Waals surface area (Å²) in [4.78, 5) is 28.1. The van der Waals surface area contributed by atoms with Crippen molar-refractivity contribution in [2.75, 3.05) is 0 Å². The zero-order chi connectivity index (χ0) is 15.5. The molecule has 0 spiro atoms. The van der Waals surface area contributed by atoms with E-state index >= 15 is 0 Å². The number of amides is 1. The number of aryl methyl sites for hydroxylation is 2. The van der Waals surface area contributed by atoms with Gasteiger partial charge in [-0.05, 0) is 37.0 Å². The average Bonchev–Trinajstić information content (AvgIpc) is 2.54. The predicted molar refractivity (Wildman–Crippen MR) is 81.1 cm³/mol. The molecule has 6 heteroatoms. The third-order valence-corrected chi connectivity index (χ3v) is 3.99. The third-order valence-electron chi connectivity index (χ3n) is 3.99. The first-order valence-corrected chi connectivity index (χ1v) is 7.37. The van der Waals surface area contributed by atoms with Crippen molar-refractivity contribution in [1.82, 2.24) is 20.1 Å². The van der Waals surface area contributed by atoms with Gasteiger partial charge in [0.25, 0.3) is 5.56 Å². The molecule has 2 aromatic rings. The molecule has 1 aliphatic rings. The summed E-state index contributed by atoms with van der Waals surface area (Å²) in [5.74, 6) is -0.0953. The van der Waals surface area contributed by atoms with E-state index in [0.717, 1.165) is 29.8 Å². The number of rotatable bonds is 3. The molecule has 3 rings (SSSR count). The van der Waals surface area contributed by atoms with E-state index in [2.05, 4.69) is 15.4 Å². The molecule has 0 aliphatic heterocycles. The molecule has 0 saturated heterocycles. The normalized spacial score (nSPS) is 16.9. The number of nitrogens with zero attached hydrogens (tertiary/aromatic N) is 3. The summed E-state index contributed by atoms with van der Waals surface area (Å²) < 4.78 is 1.35. The van der Waals surface area contributed by atoms with E-state index in [1.54, 1.807) is 19.3 Å². The van der Waals surface area contributed by atoms with Gasteiger partial charge in [-0.15, -0.1) is 0 Å². The summed E-state index contributed by atoms with van der Waals surface area (Å²) in [6.07, 6.45) is 3.77. The number of aromatic nitrogens is 3. The Bertz CT molecular complexity index is 740. The van der Waals surface area contributed by atoms with Crippen molar-refractivity contribution in [3.8, 4) is 0 Å². The topological polar surface area (TPSA) is 76.9 Å². The number of hydrogen-bond acceptors (Lipinski definition) is 4. The molecule has 2 heterocycles. The zero-order valence-electron chi connectivity index (χ0n) is 12.5. The number of nitrogens with one attached hydrogen (secondary N) is 1. The molecular weight excluding hydrogens is 280 g/mol. The minimum atomic E-state index is -0.131. The van der Waals surface area contributed by atoms with Crippen molar-refractivity contribution in [3.63, 3.8) is 0 Å². The van der Waals surface area contributed by atoms with Gasteiger partial charge in [-0.3, -0.25) is 14.6 Å². The van der Waals surface area contributed by atoms with E-state index in [-0.39, 0.29) is 17.4 Å². The Hall–Kier alpha value is -2.50. The lowest BCUT2D eigenvalue weighted by Crippen LogP contribution is -2.35. The van der Waals surface area contributed by atoms with Crippen molar-refractivity contribution < 1.29 is 4.79 Å². The van der Waals surface area contributed by atoms with Gasteiger partial charge in [0.2, 0.25) is 5.91 Å². The van der Waals surface area contributed by atoms with Crippen LogP contribution >= 0.6 is 0 Å². The van der Waals surface area contributed by atoms with Crippen molar-refractivity contribution >= 4 is 5.91 Å². The maximum atomic E-state index is 12.3. The summed E-state index contributed by atoms with van der Waals surface area (Å²) in [5, 5.41) is 7.18. The van der Waals surface area contributed by atoms with Crippen LogP contribution < -0.4 is 10.9 Å². The van der Waals surface area contributed by atoms with Crippen LogP contribution in [0.5, 0.6) is 0 Å². The van der Waals surface area contributed by atoms with Crippen molar-refractivity contribution in [1.29, 1.82) is 0 Å². The molecule has 1 amide bonds. The molecule has 1 atom stereocenters. The van der Waals surface area contributed by atoms with Crippen molar-refractivity contribution in [3.05, 3.63) is 57.8 Å². The fraction of sp³-hybridized carbons (Fsp3) is 0.375. The molecule has 6 nitrogen and oxygen atoms in total. The van der Waals surface area contributed by atoms with E-state index < -0.39 is 0 Å². The molecule has 1 N–H and O–H groups in total. The van der Waals surface area contributed by atoms with Gasteiger partial charge < -0.3 is 5.32 Å². The second kappa shape index (κ2) is 6.09. The fourth-order valence-corrected chi connectivity index (χ4v) is 2.73. The molecule has 2 aromatic heterocycles. The van der Waals surface area contributed by atoms with Crippen molar-refractivity contribution in [2.45, 2.75) is 25.8 Å². The monoisotopic (exact) mass is 298 g/mol. The lowest BCUT2D eigenvalue weighted by atomic mass is 9.86. The molecule has 0 saturated carbocycles. The highest BCUT2D eigenvalue weighted by Gasteiger charge is 2.26. The second-order valence-corrected chi connectivity index (χ2v) is 5.56. The van der Waals surface area contributed by atoms with Crippen LogP contribution in [0.2, 0.25) is 0 Å². The summed E-state index contributed by atoms with van der Waals surface area (Å²) in [6, 6.07) is 7.22. The largest absolute Gasteiger partial charge is 0.350 e. The molecule has 0 bridgehead atoms. The molecule has 1 unspecified atom stereocenters. The summed E-state index contributed by atoms with van der Waals surface area (Å²) in [6.45, 7) is 0.428. The first-order valence-electron chi connectivity index (χ1n) is 7.37. The lowest BCUT2D eigenvalue weighted by molar-refractivity contribution is -0.125. The Balaban J connectivity index is 1.65. The van der Waals surface area contributed by atoms with Gasteiger partial charge in [0.05, 0.1) is 17.9 Å². The highest BCUT2D eigenvalue weighted by Crippen LogP contribution is 2.23. The number of hydrogen-bond donors (Lipinski definition) is 1. The van der Waals surface area contributed by atoms with E-state index in [0.29, 0.717) is 13.0 Å². The first-order chi connectivity index (χ1) is 10.6. The van der Waals surface area contributed by atoms with Crippen molar-refractivity contribution in [2.24, 2.45) is 13.0 Å². The molecule has 0 aromatic carbocycles. The highest BCUT2D eigenvalue weighted by molar-refractivity contribution is 5.79. The average molecular weight is 298 g/mol. The van der Waals surface area contributed by atoms with Crippen LogP contribution in [0.3, 0.4) is 0 Å². The highest BCUT2D eigenvalue weighted by atomic mass is 16.2. The Morgan fingerprint density at radius 1 is 1.45 bits per heavy atom. The van der Waals surface area contributed by atoms with Crippen LogP contribution in [0.1, 0.15) is 23.4 Å². The summed E-state index contributed by atoms with van der Waals surface area (Å²) in [5.41, 5.74) is 2.53. The quantitative estimate of drug-likeness (QED) is 0.900. The van der Waals surface area contributed by atoms with Gasteiger partial charge in [-0.1, -0.05) is 6.07 Å². The predicted octanol–water partition coefficient (Wildman–Crippen LogP) is 0.597. The minimum Gasteiger partial charge on any atom is -0.350 e. The van der Waals surface area contributed by atoms with Gasteiger partial charge in [0, 0.05) is 25.2 Å². The van der Waals surface area contributed by atoms with Crippen LogP contribution in [0.25, 0.3) is 0 Å². The first kappa shape index (κ1) is 14.4.